The molecule has 12 heteroatoms. The molecule has 4 aromatic rings. The van der Waals surface area contributed by atoms with Gasteiger partial charge in [0, 0.05) is 12.1 Å². The summed E-state index contributed by atoms with van der Waals surface area (Å²) in [5.41, 5.74) is 6.05. The number of benzene rings is 1. The third kappa shape index (κ3) is 3.60. The van der Waals surface area contributed by atoms with E-state index in [2.05, 4.69) is 25.3 Å². The maximum atomic E-state index is 14.2. The second-order valence-electron chi connectivity index (χ2n) is 6.72. The maximum absolute atomic E-state index is 14.2. The topological polar surface area (TPSA) is 128 Å². The number of nitrogens with two attached hydrogens (primary N) is 1. The number of halogens is 3. The van der Waals surface area contributed by atoms with Crippen molar-refractivity contribution in [3.05, 3.63) is 59.4 Å². The zero-order chi connectivity index (χ0) is 23.0. The summed E-state index contributed by atoms with van der Waals surface area (Å²) in [7, 11) is 1.24. The number of nitriles is 1. The van der Waals surface area contributed by atoms with Crippen LogP contribution in [0.5, 0.6) is 5.88 Å². The molecule has 0 amide bonds. The van der Waals surface area contributed by atoms with Crippen molar-refractivity contribution < 1.29 is 17.9 Å². The fourth-order valence-corrected chi connectivity index (χ4v) is 3.23. The lowest BCUT2D eigenvalue weighted by molar-refractivity contribution is 0.371. The molecule has 9 nitrogen and oxygen atoms in total. The van der Waals surface area contributed by atoms with E-state index in [4.69, 9.17) is 10.5 Å². The predicted molar refractivity (Wildman–Crippen MR) is 108 cm³/mol. The van der Waals surface area contributed by atoms with Gasteiger partial charge < -0.3 is 15.8 Å². The molecule has 0 radical (unpaired) electrons. The Labute approximate surface area is 179 Å². The summed E-state index contributed by atoms with van der Waals surface area (Å²) in [6.45, 7) is 1.67. The first-order valence-electron chi connectivity index (χ1n) is 9.18. The summed E-state index contributed by atoms with van der Waals surface area (Å²) in [5, 5.41) is 12.3. The van der Waals surface area contributed by atoms with Crippen LogP contribution in [0.3, 0.4) is 0 Å². The van der Waals surface area contributed by atoms with Crippen molar-refractivity contribution in [2.75, 3.05) is 18.2 Å². The van der Waals surface area contributed by atoms with Gasteiger partial charge in [-0.1, -0.05) is 0 Å². The molecule has 0 aliphatic rings. The Balaban J connectivity index is 1.92. The predicted octanol–water partition coefficient (Wildman–Crippen LogP) is 3.26. The lowest BCUT2D eigenvalue weighted by atomic mass is 10.2. The van der Waals surface area contributed by atoms with Crippen LogP contribution in [-0.4, -0.2) is 31.6 Å². The Morgan fingerprint density at radius 1 is 1.12 bits per heavy atom. The van der Waals surface area contributed by atoms with Crippen LogP contribution in [-0.2, 0) is 0 Å². The molecule has 0 saturated carbocycles. The van der Waals surface area contributed by atoms with Crippen molar-refractivity contribution in [3.63, 3.8) is 0 Å². The van der Waals surface area contributed by atoms with E-state index >= 15 is 0 Å². The smallest absolute Gasteiger partial charge is 0.252 e. The van der Waals surface area contributed by atoms with Gasteiger partial charge in [0.2, 0.25) is 0 Å². The van der Waals surface area contributed by atoms with Gasteiger partial charge in [-0.3, -0.25) is 4.57 Å². The summed E-state index contributed by atoms with van der Waals surface area (Å²) >= 11 is 0. The minimum absolute atomic E-state index is 0.0182. The third-order valence-electron chi connectivity index (χ3n) is 4.61. The average Bonchev–Trinajstić information content (AvgIpc) is 3.11. The lowest BCUT2D eigenvalue weighted by Gasteiger charge is -2.17. The van der Waals surface area contributed by atoms with Crippen LogP contribution in [0.25, 0.3) is 16.9 Å². The number of hydrogen-bond acceptors (Lipinski definition) is 8. The van der Waals surface area contributed by atoms with Crippen molar-refractivity contribution in [1.29, 1.82) is 5.26 Å². The van der Waals surface area contributed by atoms with E-state index in [1.165, 1.54) is 18.0 Å². The second-order valence-corrected chi connectivity index (χ2v) is 6.72. The molecule has 32 heavy (non-hydrogen) atoms. The third-order valence-corrected chi connectivity index (χ3v) is 4.61. The van der Waals surface area contributed by atoms with Crippen molar-refractivity contribution in [2.24, 2.45) is 0 Å². The zero-order valence-electron chi connectivity index (χ0n) is 16.8. The maximum Gasteiger partial charge on any atom is 0.252 e. The van der Waals surface area contributed by atoms with Gasteiger partial charge in [-0.25, -0.2) is 28.1 Å². The number of nitrogens with one attached hydrogen (secondary N) is 1. The molecule has 1 atom stereocenters. The summed E-state index contributed by atoms with van der Waals surface area (Å²) in [6, 6.07) is 5.22. The number of fused-ring (bicyclic) bond motifs is 1. The highest BCUT2D eigenvalue weighted by Gasteiger charge is 2.23. The second kappa shape index (κ2) is 8.03. The van der Waals surface area contributed by atoms with E-state index in [1.807, 2.05) is 6.07 Å². The first kappa shape index (κ1) is 20.9. The highest BCUT2D eigenvalue weighted by Crippen LogP contribution is 2.30. The molecule has 0 aliphatic carbocycles. The monoisotopic (exact) mass is 440 g/mol. The number of anilines is 2. The number of ether oxygens (including phenoxy) is 1. The fraction of sp³-hybridized carbons (Fsp3) is 0.150. The number of imidazole rings is 1. The Bertz CT molecular complexity index is 1360. The van der Waals surface area contributed by atoms with Gasteiger partial charge >= 0.3 is 0 Å². The van der Waals surface area contributed by atoms with Crippen LogP contribution in [0.15, 0.2) is 30.6 Å². The van der Waals surface area contributed by atoms with Crippen molar-refractivity contribution in [2.45, 2.75) is 13.0 Å². The number of pyridine rings is 1. The van der Waals surface area contributed by atoms with Gasteiger partial charge in [-0.05, 0) is 19.1 Å². The normalized spacial score (nSPS) is 11.9. The van der Waals surface area contributed by atoms with Crippen molar-refractivity contribution >= 4 is 22.8 Å². The molecule has 1 aromatic carbocycles. The standard InChI is InChI=1S/C20H15F3N8O/c1-9(28-17-13(7-24)16(25)26-8-27-17)18-29-15-6-14(23)20(32-2)30-19(15)31(18)12-4-10(21)3-11(22)5-12/h3-6,8-9H,1-2H3,(H3,25,26,27,28). The van der Waals surface area contributed by atoms with Crippen LogP contribution in [0.4, 0.5) is 24.8 Å². The molecular formula is C20H15F3N8O. The number of nitrogen functional groups attached to an aromatic ring is 1. The van der Waals surface area contributed by atoms with E-state index in [0.29, 0.717) is 0 Å². The number of nitrogens with zero attached hydrogens (tertiary/aromatic N) is 6. The lowest BCUT2D eigenvalue weighted by Crippen LogP contribution is -2.16. The fourth-order valence-electron chi connectivity index (χ4n) is 3.23. The van der Waals surface area contributed by atoms with Gasteiger partial charge in [0.1, 0.15) is 52.6 Å². The van der Waals surface area contributed by atoms with Crippen LogP contribution < -0.4 is 15.8 Å². The number of methoxy groups -OCH3 is 1. The Hall–Kier alpha value is -4.40. The summed E-state index contributed by atoms with van der Waals surface area (Å²) in [6.07, 6.45) is 1.18. The molecule has 0 saturated heterocycles. The van der Waals surface area contributed by atoms with Crippen molar-refractivity contribution in [1.82, 2.24) is 24.5 Å². The molecule has 0 spiro atoms. The van der Waals surface area contributed by atoms with E-state index in [1.54, 1.807) is 6.92 Å². The van der Waals surface area contributed by atoms with Crippen LogP contribution >= 0.6 is 0 Å². The zero-order valence-corrected chi connectivity index (χ0v) is 16.8. The Kier molecular flexibility index (Phi) is 5.23. The molecule has 4 rings (SSSR count). The summed E-state index contributed by atoms with van der Waals surface area (Å²) in [4.78, 5) is 16.3. The van der Waals surface area contributed by atoms with Crippen molar-refractivity contribution in [3.8, 4) is 17.6 Å². The number of hydrogen-bond donors (Lipinski definition) is 2. The first-order valence-corrected chi connectivity index (χ1v) is 9.18. The van der Waals surface area contributed by atoms with E-state index < -0.39 is 23.5 Å². The van der Waals surface area contributed by atoms with Gasteiger partial charge in [-0.15, -0.1) is 0 Å². The van der Waals surface area contributed by atoms with Gasteiger partial charge in [-0.2, -0.15) is 10.2 Å². The molecule has 0 aliphatic heterocycles. The van der Waals surface area contributed by atoms with Gasteiger partial charge in [0.15, 0.2) is 11.5 Å². The summed E-state index contributed by atoms with van der Waals surface area (Å²) < 4.78 is 48.5. The highest BCUT2D eigenvalue weighted by molar-refractivity contribution is 5.75. The van der Waals surface area contributed by atoms with Crippen LogP contribution in [0.2, 0.25) is 0 Å². The summed E-state index contributed by atoms with van der Waals surface area (Å²) in [5.74, 6) is -2.38. The van der Waals surface area contributed by atoms with E-state index in [9.17, 15) is 18.4 Å². The largest absolute Gasteiger partial charge is 0.479 e. The quantitative estimate of drug-likeness (QED) is 0.484. The molecule has 0 fully saturated rings. The molecule has 3 heterocycles. The van der Waals surface area contributed by atoms with Crippen LogP contribution in [0, 0.1) is 28.8 Å². The highest BCUT2D eigenvalue weighted by atomic mass is 19.1. The number of aromatic nitrogens is 5. The Morgan fingerprint density at radius 3 is 2.50 bits per heavy atom. The molecule has 1 unspecified atom stereocenters. The molecule has 3 N–H and O–H groups in total. The number of rotatable bonds is 5. The molecule has 0 bridgehead atoms. The van der Waals surface area contributed by atoms with Gasteiger partial charge in [0.05, 0.1) is 18.8 Å². The van der Waals surface area contributed by atoms with Gasteiger partial charge in [0.25, 0.3) is 5.88 Å². The first-order chi connectivity index (χ1) is 15.3. The minimum atomic E-state index is -0.821. The average molecular weight is 440 g/mol. The van der Waals surface area contributed by atoms with E-state index in [-0.39, 0.29) is 45.8 Å². The SMILES string of the molecule is COc1nc2c(cc1F)nc(C(C)Nc1ncnc(N)c1C#N)n2-c1cc(F)cc(F)c1. The molecular weight excluding hydrogens is 425 g/mol. The van der Waals surface area contributed by atoms with Crippen LogP contribution in [0.1, 0.15) is 24.4 Å². The van der Waals surface area contributed by atoms with E-state index in [0.717, 1.165) is 24.3 Å². The molecule has 3 aromatic heterocycles. The molecule has 162 valence electrons. The minimum Gasteiger partial charge on any atom is -0.479 e. The Morgan fingerprint density at radius 2 is 1.84 bits per heavy atom.